The lowest BCUT2D eigenvalue weighted by molar-refractivity contribution is 0.0115. The molecule has 0 atom stereocenters. The van der Waals surface area contributed by atoms with Crippen LogP contribution in [-0.4, -0.2) is 85.7 Å². The maximum atomic E-state index is 14.2. The van der Waals surface area contributed by atoms with E-state index in [-0.39, 0.29) is 17.4 Å². The molecule has 1 amide bonds. The van der Waals surface area contributed by atoms with Gasteiger partial charge in [0.05, 0.1) is 41.9 Å². The van der Waals surface area contributed by atoms with Crippen LogP contribution < -0.4 is 9.62 Å². The van der Waals surface area contributed by atoms with Crippen molar-refractivity contribution in [2.24, 2.45) is 0 Å². The molecule has 2 saturated heterocycles. The van der Waals surface area contributed by atoms with Crippen LogP contribution in [0.1, 0.15) is 59.8 Å². The number of amides is 1. The van der Waals surface area contributed by atoms with E-state index in [1.165, 1.54) is 6.07 Å². The normalized spacial score (nSPS) is 19.6. The summed E-state index contributed by atoms with van der Waals surface area (Å²) in [4.78, 5) is 22.5. The molecule has 4 heterocycles. The van der Waals surface area contributed by atoms with Gasteiger partial charge in [0.2, 0.25) is 10.0 Å². The first-order chi connectivity index (χ1) is 19.2. The van der Waals surface area contributed by atoms with E-state index in [4.69, 9.17) is 9.84 Å². The first-order valence-electron chi connectivity index (χ1n) is 14.0. The van der Waals surface area contributed by atoms with Crippen molar-refractivity contribution in [3.05, 3.63) is 47.0 Å². The van der Waals surface area contributed by atoms with E-state index in [0.717, 1.165) is 94.5 Å². The predicted octanol–water partition coefficient (Wildman–Crippen LogP) is 3.13. The number of fused-ring (bicyclic) bond motifs is 1. The standard InChI is InChI=1S/C28H35FN6O4S/c1-18-16-21(6-7-22(18)29)35-27-25(26(31-35)19-4-3-5-19)24(17-23(30-27)28(36)32-40(2,37)38)34-10-8-20(9-11-34)33-12-14-39-15-13-33/h6-7,16-17,19-20H,3-5,8-15H2,1-2H3,(H,32,36). The van der Waals surface area contributed by atoms with Crippen LogP contribution in [0, 0.1) is 12.7 Å². The SMILES string of the molecule is Cc1cc(-n2nc(C3CCC3)c3c(N4CCC(N5CCOCC5)CC4)cc(C(=O)NS(C)(=O)=O)nc32)ccc1F. The number of benzene rings is 1. The quantitative estimate of drug-likeness (QED) is 0.482. The van der Waals surface area contributed by atoms with Crippen molar-refractivity contribution in [1.82, 2.24) is 24.4 Å². The average molecular weight is 571 g/mol. The molecule has 3 fully saturated rings. The van der Waals surface area contributed by atoms with Gasteiger partial charge in [-0.3, -0.25) is 9.69 Å². The molecule has 10 nitrogen and oxygen atoms in total. The van der Waals surface area contributed by atoms with E-state index in [0.29, 0.717) is 22.9 Å². The summed E-state index contributed by atoms with van der Waals surface area (Å²) in [5.74, 6) is -0.834. The van der Waals surface area contributed by atoms with Gasteiger partial charge in [0.15, 0.2) is 5.65 Å². The van der Waals surface area contributed by atoms with Crippen molar-refractivity contribution < 1.29 is 22.3 Å². The van der Waals surface area contributed by atoms with Crippen LogP contribution in [0.4, 0.5) is 10.1 Å². The lowest BCUT2D eigenvalue weighted by Gasteiger charge is -2.41. The van der Waals surface area contributed by atoms with Gasteiger partial charge in [0.1, 0.15) is 11.5 Å². The number of aromatic nitrogens is 3. The second-order valence-corrected chi connectivity index (χ2v) is 12.9. The Morgan fingerprint density at radius 2 is 1.80 bits per heavy atom. The number of hydrogen-bond acceptors (Lipinski definition) is 8. The smallest absolute Gasteiger partial charge is 0.283 e. The summed E-state index contributed by atoms with van der Waals surface area (Å²) in [5.41, 5.74) is 3.36. The second kappa shape index (κ2) is 10.7. The summed E-state index contributed by atoms with van der Waals surface area (Å²) in [6.07, 6.45) is 6.04. The lowest BCUT2D eigenvalue weighted by Crippen LogP contribution is -2.49. The Morgan fingerprint density at radius 3 is 2.42 bits per heavy atom. The van der Waals surface area contributed by atoms with Crippen LogP contribution in [0.2, 0.25) is 0 Å². The Morgan fingerprint density at radius 1 is 1.07 bits per heavy atom. The summed E-state index contributed by atoms with van der Waals surface area (Å²) < 4.78 is 47.3. The summed E-state index contributed by atoms with van der Waals surface area (Å²) >= 11 is 0. The van der Waals surface area contributed by atoms with E-state index < -0.39 is 15.9 Å². The summed E-state index contributed by atoms with van der Waals surface area (Å²) in [7, 11) is -3.79. The molecule has 1 N–H and O–H groups in total. The number of ether oxygens (including phenoxy) is 1. The Hall–Kier alpha value is -3.09. The van der Waals surface area contributed by atoms with Gasteiger partial charge in [0.25, 0.3) is 5.91 Å². The van der Waals surface area contributed by atoms with Gasteiger partial charge in [-0.25, -0.2) is 27.2 Å². The fraction of sp³-hybridized carbons (Fsp3) is 0.536. The Balaban J connectivity index is 1.46. The van der Waals surface area contributed by atoms with Crippen molar-refractivity contribution in [3.63, 3.8) is 0 Å². The first kappa shape index (κ1) is 27.1. The summed E-state index contributed by atoms with van der Waals surface area (Å²) in [5, 5.41) is 5.89. The van der Waals surface area contributed by atoms with Gasteiger partial charge >= 0.3 is 0 Å². The monoisotopic (exact) mass is 570 g/mol. The molecule has 0 bridgehead atoms. The van der Waals surface area contributed by atoms with Gasteiger partial charge < -0.3 is 9.64 Å². The molecule has 12 heteroatoms. The first-order valence-corrected chi connectivity index (χ1v) is 15.9. The van der Waals surface area contributed by atoms with Crippen molar-refractivity contribution in [1.29, 1.82) is 0 Å². The van der Waals surface area contributed by atoms with Crippen molar-refractivity contribution >= 4 is 32.7 Å². The van der Waals surface area contributed by atoms with Crippen molar-refractivity contribution in [3.8, 4) is 5.69 Å². The fourth-order valence-electron chi connectivity index (χ4n) is 6.03. The van der Waals surface area contributed by atoms with Crippen LogP contribution in [-0.2, 0) is 14.8 Å². The van der Waals surface area contributed by atoms with Gasteiger partial charge in [-0.05, 0) is 62.4 Å². The molecule has 0 spiro atoms. The number of halogens is 1. The summed E-state index contributed by atoms with van der Waals surface area (Å²) in [6.45, 7) is 6.68. The molecular formula is C28H35FN6O4S. The highest BCUT2D eigenvalue weighted by atomic mass is 32.2. The number of carbonyl (C=O) groups excluding carboxylic acids is 1. The average Bonchev–Trinajstić information content (AvgIpc) is 3.27. The molecule has 6 rings (SSSR count). The molecular weight excluding hydrogens is 535 g/mol. The zero-order chi connectivity index (χ0) is 28.0. The molecule has 0 unspecified atom stereocenters. The lowest BCUT2D eigenvalue weighted by atomic mass is 9.82. The highest BCUT2D eigenvalue weighted by Gasteiger charge is 2.33. The number of carbonyl (C=O) groups is 1. The molecule has 1 saturated carbocycles. The molecule has 1 aliphatic carbocycles. The third-order valence-corrected chi connectivity index (χ3v) is 8.96. The third kappa shape index (κ3) is 5.31. The predicted molar refractivity (Wildman–Crippen MR) is 150 cm³/mol. The van der Waals surface area contributed by atoms with Crippen molar-refractivity contribution in [2.45, 2.75) is 51.0 Å². The fourth-order valence-corrected chi connectivity index (χ4v) is 6.47. The maximum absolute atomic E-state index is 14.2. The number of piperidine rings is 1. The Kier molecular flexibility index (Phi) is 7.26. The van der Waals surface area contributed by atoms with Crippen LogP contribution >= 0.6 is 0 Å². The molecule has 3 aromatic rings. The number of sulfonamides is 1. The minimum atomic E-state index is -3.79. The molecule has 40 heavy (non-hydrogen) atoms. The zero-order valence-electron chi connectivity index (χ0n) is 22.9. The zero-order valence-corrected chi connectivity index (χ0v) is 23.7. The third-order valence-electron chi connectivity index (χ3n) is 8.40. The molecule has 0 radical (unpaired) electrons. The summed E-state index contributed by atoms with van der Waals surface area (Å²) in [6, 6.07) is 6.95. The molecule has 2 aliphatic heterocycles. The van der Waals surface area contributed by atoms with Gasteiger partial charge in [0, 0.05) is 38.1 Å². The van der Waals surface area contributed by atoms with Gasteiger partial charge in [-0.1, -0.05) is 6.42 Å². The Labute approximate surface area is 233 Å². The highest BCUT2D eigenvalue weighted by molar-refractivity contribution is 7.89. The minimum absolute atomic E-state index is 0.00312. The Bertz CT molecular complexity index is 1540. The van der Waals surface area contributed by atoms with E-state index in [2.05, 4.69) is 19.5 Å². The van der Waals surface area contributed by atoms with Crippen LogP contribution in [0.15, 0.2) is 24.3 Å². The number of nitrogens with zero attached hydrogens (tertiary/aromatic N) is 5. The molecule has 214 valence electrons. The molecule has 3 aliphatic rings. The number of nitrogens with one attached hydrogen (secondary N) is 1. The van der Waals surface area contributed by atoms with Crippen molar-refractivity contribution in [2.75, 3.05) is 50.5 Å². The number of aryl methyl sites for hydroxylation is 1. The second-order valence-electron chi connectivity index (χ2n) is 11.2. The topological polar surface area (TPSA) is 110 Å². The largest absolute Gasteiger partial charge is 0.379 e. The highest BCUT2D eigenvalue weighted by Crippen LogP contribution is 2.43. The minimum Gasteiger partial charge on any atom is -0.379 e. The van der Waals surface area contributed by atoms with Crippen LogP contribution in [0.5, 0.6) is 0 Å². The van der Waals surface area contributed by atoms with E-state index in [1.54, 1.807) is 29.8 Å². The number of anilines is 1. The number of pyridine rings is 1. The van der Waals surface area contributed by atoms with E-state index in [1.807, 2.05) is 0 Å². The number of hydrogen-bond donors (Lipinski definition) is 1. The van der Waals surface area contributed by atoms with Gasteiger partial charge in [-0.15, -0.1) is 0 Å². The van der Waals surface area contributed by atoms with E-state index in [9.17, 15) is 17.6 Å². The van der Waals surface area contributed by atoms with Crippen LogP contribution in [0.3, 0.4) is 0 Å². The maximum Gasteiger partial charge on any atom is 0.283 e. The van der Waals surface area contributed by atoms with Crippen LogP contribution in [0.25, 0.3) is 16.7 Å². The van der Waals surface area contributed by atoms with E-state index >= 15 is 0 Å². The molecule has 2 aromatic heterocycles. The number of rotatable bonds is 6. The molecule has 1 aromatic carbocycles. The van der Waals surface area contributed by atoms with Gasteiger partial charge in [-0.2, -0.15) is 5.10 Å². The number of morpholine rings is 1.